The Morgan fingerprint density at radius 1 is 1.22 bits per heavy atom. The molecule has 18 heavy (non-hydrogen) atoms. The second kappa shape index (κ2) is 5.89. The van der Waals surface area contributed by atoms with Crippen molar-refractivity contribution in [2.75, 3.05) is 0 Å². The molecule has 0 aliphatic rings. The van der Waals surface area contributed by atoms with Crippen LogP contribution in [0.1, 0.15) is 37.8 Å². The van der Waals surface area contributed by atoms with Crippen LogP contribution in [0.25, 0.3) is 0 Å². The Kier molecular flexibility index (Phi) is 4.98. The van der Waals surface area contributed by atoms with Gasteiger partial charge in [0, 0.05) is 5.60 Å². The van der Waals surface area contributed by atoms with E-state index in [2.05, 4.69) is 0 Å². The van der Waals surface area contributed by atoms with E-state index in [4.69, 9.17) is 4.43 Å². The highest BCUT2D eigenvalue weighted by Crippen LogP contribution is 2.30. The van der Waals surface area contributed by atoms with Crippen molar-refractivity contribution >= 4 is 10.5 Å². The first-order valence-corrected chi connectivity index (χ1v) is 6.77. The molecule has 1 rings (SSSR count). The van der Waals surface area contributed by atoms with Gasteiger partial charge in [-0.05, 0) is 44.7 Å². The predicted octanol–water partition coefficient (Wildman–Crippen LogP) is 3.10. The van der Waals surface area contributed by atoms with Gasteiger partial charge in [-0.25, -0.2) is 0 Å². The van der Waals surface area contributed by atoms with Crippen LogP contribution in [0, 0.1) is 0 Å². The molecule has 0 radical (unpaired) electrons. The SMILES string of the molecule is CC(C)(CCCc1cccc(C(F)(F)F)c1)O[SiH3]. The minimum atomic E-state index is -4.26. The van der Waals surface area contributed by atoms with E-state index in [1.54, 1.807) is 6.07 Å². The van der Waals surface area contributed by atoms with Gasteiger partial charge in [0.1, 0.15) is 10.5 Å². The van der Waals surface area contributed by atoms with Gasteiger partial charge in [-0.1, -0.05) is 18.2 Å². The lowest BCUT2D eigenvalue weighted by Gasteiger charge is -2.23. The van der Waals surface area contributed by atoms with E-state index in [-0.39, 0.29) is 5.60 Å². The molecule has 0 aromatic heterocycles. The summed E-state index contributed by atoms with van der Waals surface area (Å²) in [6.07, 6.45) is -1.92. The maximum Gasteiger partial charge on any atom is 0.416 e. The largest absolute Gasteiger partial charge is 0.423 e. The lowest BCUT2D eigenvalue weighted by atomic mass is 9.98. The Labute approximate surface area is 109 Å². The van der Waals surface area contributed by atoms with Gasteiger partial charge in [-0.2, -0.15) is 13.2 Å². The van der Waals surface area contributed by atoms with E-state index in [9.17, 15) is 13.2 Å². The second-order valence-electron chi connectivity index (χ2n) is 5.02. The summed E-state index contributed by atoms with van der Waals surface area (Å²) >= 11 is 0. The molecule has 0 saturated carbocycles. The lowest BCUT2D eigenvalue weighted by molar-refractivity contribution is -0.137. The Bertz CT molecular complexity index is 388. The molecule has 0 spiro atoms. The van der Waals surface area contributed by atoms with Crippen LogP contribution in [-0.2, 0) is 17.0 Å². The van der Waals surface area contributed by atoms with Crippen LogP contribution in [0.5, 0.6) is 0 Å². The van der Waals surface area contributed by atoms with Crippen LogP contribution in [-0.4, -0.2) is 16.1 Å². The number of rotatable bonds is 5. The summed E-state index contributed by atoms with van der Waals surface area (Å²) in [5.41, 5.74) is 0.000744. The van der Waals surface area contributed by atoms with Crippen molar-refractivity contribution < 1.29 is 17.6 Å². The van der Waals surface area contributed by atoms with Gasteiger partial charge in [-0.15, -0.1) is 0 Å². The molecule has 0 saturated heterocycles. The lowest BCUT2D eigenvalue weighted by Crippen LogP contribution is -2.22. The molecular formula is C13H19F3OSi. The zero-order valence-corrected chi connectivity index (χ0v) is 13.0. The highest BCUT2D eigenvalue weighted by atomic mass is 28.2. The zero-order chi connectivity index (χ0) is 13.8. The van der Waals surface area contributed by atoms with Crippen LogP contribution >= 0.6 is 0 Å². The van der Waals surface area contributed by atoms with Gasteiger partial charge < -0.3 is 4.43 Å². The number of alkyl halides is 3. The molecule has 0 aliphatic heterocycles. The van der Waals surface area contributed by atoms with E-state index < -0.39 is 11.7 Å². The summed E-state index contributed by atoms with van der Waals surface area (Å²) in [7, 11) is 0.678. The number of halogens is 3. The smallest absolute Gasteiger partial charge is 0.416 e. The molecule has 0 heterocycles. The Morgan fingerprint density at radius 3 is 2.44 bits per heavy atom. The van der Waals surface area contributed by atoms with Crippen molar-refractivity contribution in [3.05, 3.63) is 35.4 Å². The third kappa shape index (κ3) is 4.82. The average Bonchev–Trinajstić information content (AvgIpc) is 2.28. The van der Waals surface area contributed by atoms with Gasteiger partial charge in [-0.3, -0.25) is 0 Å². The minimum Gasteiger partial charge on any atom is -0.423 e. The fraction of sp³-hybridized carbons (Fsp3) is 0.538. The van der Waals surface area contributed by atoms with E-state index in [0.29, 0.717) is 16.9 Å². The van der Waals surface area contributed by atoms with Crippen LogP contribution < -0.4 is 0 Å². The van der Waals surface area contributed by atoms with Crippen molar-refractivity contribution in [3.8, 4) is 0 Å². The standard InChI is InChI=1S/C13H19F3OSi/c1-12(2,17-18)8-4-6-10-5-3-7-11(9-10)13(14,15)16/h3,5,7,9H,4,6,8H2,1-2,18H3. The first kappa shape index (κ1) is 15.2. The van der Waals surface area contributed by atoms with E-state index in [1.807, 2.05) is 13.8 Å². The fourth-order valence-corrected chi connectivity index (χ4v) is 1.93. The molecule has 1 aromatic rings. The average molecular weight is 276 g/mol. The van der Waals surface area contributed by atoms with Crippen LogP contribution in [0.3, 0.4) is 0 Å². The molecule has 1 nitrogen and oxygen atoms in total. The van der Waals surface area contributed by atoms with Crippen LogP contribution in [0.4, 0.5) is 13.2 Å². The summed E-state index contributed by atoms with van der Waals surface area (Å²) in [5.74, 6) is 0. The summed E-state index contributed by atoms with van der Waals surface area (Å²) in [6.45, 7) is 4.01. The highest BCUT2D eigenvalue weighted by Gasteiger charge is 2.30. The first-order valence-electron chi connectivity index (χ1n) is 5.96. The zero-order valence-electron chi connectivity index (χ0n) is 11.0. The maximum absolute atomic E-state index is 12.5. The topological polar surface area (TPSA) is 9.23 Å². The minimum absolute atomic E-state index is 0.159. The van der Waals surface area contributed by atoms with E-state index >= 15 is 0 Å². The van der Waals surface area contributed by atoms with Crippen molar-refractivity contribution in [2.45, 2.75) is 44.9 Å². The van der Waals surface area contributed by atoms with Crippen molar-refractivity contribution in [1.29, 1.82) is 0 Å². The summed E-state index contributed by atoms with van der Waals surface area (Å²) in [5, 5.41) is 0. The normalized spacial score (nSPS) is 12.9. The Balaban J connectivity index is 2.59. The molecular weight excluding hydrogens is 257 g/mol. The third-order valence-corrected chi connectivity index (χ3v) is 4.16. The monoisotopic (exact) mass is 276 g/mol. The summed E-state index contributed by atoms with van der Waals surface area (Å²) in [4.78, 5) is 0. The highest BCUT2D eigenvalue weighted by molar-refractivity contribution is 5.98. The number of hydrogen-bond donors (Lipinski definition) is 0. The fourth-order valence-electron chi connectivity index (χ4n) is 1.72. The van der Waals surface area contributed by atoms with Crippen molar-refractivity contribution in [1.82, 2.24) is 0 Å². The van der Waals surface area contributed by atoms with Gasteiger partial charge in [0.2, 0.25) is 0 Å². The predicted molar refractivity (Wildman–Crippen MR) is 69.5 cm³/mol. The quantitative estimate of drug-likeness (QED) is 0.751. The third-order valence-electron chi connectivity index (χ3n) is 3.05. The molecule has 0 fully saturated rings. The number of hydrogen-bond acceptors (Lipinski definition) is 1. The molecule has 0 unspecified atom stereocenters. The number of benzene rings is 1. The van der Waals surface area contributed by atoms with Gasteiger partial charge >= 0.3 is 6.18 Å². The van der Waals surface area contributed by atoms with Gasteiger partial charge in [0.05, 0.1) is 5.56 Å². The van der Waals surface area contributed by atoms with E-state index in [0.717, 1.165) is 24.5 Å². The Hall–Kier alpha value is -0.813. The summed E-state index contributed by atoms with van der Waals surface area (Å²) in [6, 6.07) is 5.54. The van der Waals surface area contributed by atoms with Gasteiger partial charge in [0.25, 0.3) is 0 Å². The molecule has 0 amide bonds. The Morgan fingerprint density at radius 2 is 1.89 bits per heavy atom. The first-order chi connectivity index (χ1) is 8.24. The van der Waals surface area contributed by atoms with Crippen LogP contribution in [0.15, 0.2) is 24.3 Å². The maximum atomic E-state index is 12.5. The molecule has 0 N–H and O–H groups in total. The molecule has 0 atom stereocenters. The van der Waals surface area contributed by atoms with Crippen molar-refractivity contribution in [2.24, 2.45) is 0 Å². The molecule has 5 heteroatoms. The molecule has 102 valence electrons. The molecule has 0 aliphatic carbocycles. The molecule has 1 aromatic carbocycles. The van der Waals surface area contributed by atoms with E-state index in [1.165, 1.54) is 12.1 Å². The van der Waals surface area contributed by atoms with Crippen LogP contribution in [0.2, 0.25) is 0 Å². The summed E-state index contributed by atoms with van der Waals surface area (Å²) < 4.78 is 43.0. The second-order valence-corrected chi connectivity index (χ2v) is 5.42. The molecule has 0 bridgehead atoms. The van der Waals surface area contributed by atoms with Gasteiger partial charge in [0.15, 0.2) is 0 Å². The number of aryl methyl sites for hydroxylation is 1. The van der Waals surface area contributed by atoms with Crippen molar-refractivity contribution in [3.63, 3.8) is 0 Å².